The summed E-state index contributed by atoms with van der Waals surface area (Å²) in [5.41, 5.74) is 2.25. The van der Waals surface area contributed by atoms with Crippen molar-refractivity contribution in [3.8, 4) is 0 Å². The van der Waals surface area contributed by atoms with Gasteiger partial charge in [0.25, 0.3) is 5.91 Å². The molecule has 1 aromatic carbocycles. The number of aliphatic hydroxyl groups is 1. The Bertz CT molecular complexity index is 480. The molecule has 0 aliphatic carbocycles. The molecule has 0 saturated carbocycles. The van der Waals surface area contributed by atoms with Crippen LogP contribution < -0.4 is 0 Å². The number of fused-ring (bicyclic) bond motifs is 1. The number of piperidine rings is 1. The third-order valence-electron chi connectivity index (χ3n) is 4.40. The van der Waals surface area contributed by atoms with Crippen molar-refractivity contribution in [3.63, 3.8) is 0 Å². The molecule has 1 unspecified atom stereocenters. The van der Waals surface area contributed by atoms with Gasteiger partial charge in [0.15, 0.2) is 6.10 Å². The van der Waals surface area contributed by atoms with Gasteiger partial charge in [0.05, 0.1) is 6.61 Å². The van der Waals surface area contributed by atoms with E-state index in [1.807, 2.05) is 23.1 Å². The van der Waals surface area contributed by atoms with Gasteiger partial charge in [-0.3, -0.25) is 4.79 Å². The maximum absolute atomic E-state index is 12.6. The van der Waals surface area contributed by atoms with Crippen molar-refractivity contribution in [2.24, 2.45) is 5.92 Å². The predicted octanol–water partition coefficient (Wildman–Crippen LogP) is 1.53. The molecule has 1 N–H and O–H groups in total. The van der Waals surface area contributed by atoms with Crippen molar-refractivity contribution < 1.29 is 14.6 Å². The van der Waals surface area contributed by atoms with Crippen molar-refractivity contribution in [1.82, 2.24) is 4.90 Å². The number of aliphatic hydroxyl groups excluding tert-OH is 1. The van der Waals surface area contributed by atoms with Crippen LogP contribution in [0.5, 0.6) is 0 Å². The first-order valence-electron chi connectivity index (χ1n) is 7.38. The van der Waals surface area contributed by atoms with Crippen LogP contribution >= 0.6 is 0 Å². The number of hydrogen-bond donors (Lipinski definition) is 1. The zero-order chi connectivity index (χ0) is 13.9. The molecule has 20 heavy (non-hydrogen) atoms. The van der Waals surface area contributed by atoms with Crippen molar-refractivity contribution in [1.29, 1.82) is 0 Å². The Hall–Kier alpha value is -1.39. The van der Waals surface area contributed by atoms with E-state index in [-0.39, 0.29) is 12.5 Å². The maximum atomic E-state index is 12.6. The molecule has 3 rings (SSSR count). The van der Waals surface area contributed by atoms with Crippen molar-refractivity contribution >= 4 is 5.91 Å². The smallest absolute Gasteiger partial charge is 0.256 e. The summed E-state index contributed by atoms with van der Waals surface area (Å²) in [6, 6.07) is 8.05. The zero-order valence-corrected chi connectivity index (χ0v) is 11.6. The van der Waals surface area contributed by atoms with E-state index in [1.165, 1.54) is 5.56 Å². The summed E-state index contributed by atoms with van der Waals surface area (Å²) in [6.07, 6.45) is 2.21. The largest absolute Gasteiger partial charge is 0.396 e. The Morgan fingerprint density at radius 2 is 2.05 bits per heavy atom. The Kier molecular flexibility index (Phi) is 4.03. The molecule has 2 aliphatic heterocycles. The fourth-order valence-electron chi connectivity index (χ4n) is 3.10. The normalized spacial score (nSPS) is 23.4. The lowest BCUT2D eigenvalue weighted by atomic mass is 9.94. The van der Waals surface area contributed by atoms with Crippen LogP contribution in [0.15, 0.2) is 24.3 Å². The quantitative estimate of drug-likeness (QED) is 0.890. The Morgan fingerprint density at radius 3 is 2.80 bits per heavy atom. The predicted molar refractivity (Wildman–Crippen MR) is 75.2 cm³/mol. The van der Waals surface area contributed by atoms with E-state index in [0.29, 0.717) is 12.5 Å². The van der Waals surface area contributed by atoms with Crippen LogP contribution in [0.1, 0.15) is 30.1 Å². The van der Waals surface area contributed by atoms with E-state index in [0.717, 1.165) is 37.9 Å². The van der Waals surface area contributed by atoms with Crippen molar-refractivity contribution in [2.45, 2.75) is 25.4 Å². The number of ether oxygens (including phenoxy) is 1. The van der Waals surface area contributed by atoms with Crippen LogP contribution in [0.25, 0.3) is 0 Å². The highest BCUT2D eigenvalue weighted by Gasteiger charge is 2.32. The average Bonchev–Trinajstić information content (AvgIpc) is 2.54. The minimum Gasteiger partial charge on any atom is -0.396 e. The second-order valence-electron chi connectivity index (χ2n) is 5.65. The summed E-state index contributed by atoms with van der Waals surface area (Å²) in [4.78, 5) is 14.5. The molecule has 0 radical (unpaired) electrons. The molecule has 4 heteroatoms. The third-order valence-corrected chi connectivity index (χ3v) is 4.40. The fraction of sp³-hybridized carbons (Fsp3) is 0.562. The number of hydrogen-bond acceptors (Lipinski definition) is 3. The molecule has 1 aromatic rings. The molecule has 1 fully saturated rings. The third kappa shape index (κ3) is 2.58. The van der Waals surface area contributed by atoms with Crippen LogP contribution in [0.4, 0.5) is 0 Å². The zero-order valence-electron chi connectivity index (χ0n) is 11.6. The lowest BCUT2D eigenvalue weighted by Crippen LogP contribution is -2.43. The van der Waals surface area contributed by atoms with E-state index >= 15 is 0 Å². The van der Waals surface area contributed by atoms with E-state index in [9.17, 15) is 4.79 Å². The van der Waals surface area contributed by atoms with E-state index < -0.39 is 6.10 Å². The standard InChI is InChI=1S/C16H21NO3/c18-11-12-5-8-17(9-6-12)16(19)15-14-4-2-1-3-13(14)7-10-20-15/h1-4,12,15,18H,5-11H2. The molecule has 0 spiro atoms. The van der Waals surface area contributed by atoms with Gasteiger partial charge in [-0.2, -0.15) is 0 Å². The van der Waals surface area contributed by atoms with Crippen LogP contribution in [0.3, 0.4) is 0 Å². The van der Waals surface area contributed by atoms with Gasteiger partial charge >= 0.3 is 0 Å². The molecule has 1 atom stereocenters. The van der Waals surface area contributed by atoms with Crippen molar-refractivity contribution in [3.05, 3.63) is 35.4 Å². The summed E-state index contributed by atoms with van der Waals surface area (Å²) in [5, 5.41) is 9.17. The Morgan fingerprint density at radius 1 is 1.30 bits per heavy atom. The average molecular weight is 275 g/mol. The fourth-order valence-corrected chi connectivity index (χ4v) is 3.10. The summed E-state index contributed by atoms with van der Waals surface area (Å²) in [7, 11) is 0. The van der Waals surface area contributed by atoms with Crippen LogP contribution in [0, 0.1) is 5.92 Å². The molecule has 1 amide bonds. The number of amides is 1. The first kappa shape index (κ1) is 13.6. The molecule has 0 aromatic heterocycles. The minimum absolute atomic E-state index is 0.0774. The second kappa shape index (κ2) is 5.94. The highest BCUT2D eigenvalue weighted by atomic mass is 16.5. The number of benzene rings is 1. The van der Waals surface area contributed by atoms with Gasteiger partial charge in [-0.1, -0.05) is 24.3 Å². The Balaban J connectivity index is 1.72. The summed E-state index contributed by atoms with van der Waals surface area (Å²) in [5.74, 6) is 0.423. The summed E-state index contributed by atoms with van der Waals surface area (Å²) in [6.45, 7) is 2.30. The van der Waals surface area contributed by atoms with E-state index in [1.54, 1.807) is 0 Å². The number of likely N-dealkylation sites (tertiary alicyclic amines) is 1. The lowest BCUT2D eigenvalue weighted by molar-refractivity contribution is -0.146. The van der Waals surface area contributed by atoms with E-state index in [4.69, 9.17) is 9.84 Å². The number of carbonyl (C=O) groups is 1. The van der Waals surface area contributed by atoms with Gasteiger partial charge in [-0.15, -0.1) is 0 Å². The molecule has 1 saturated heterocycles. The topological polar surface area (TPSA) is 49.8 Å². The monoisotopic (exact) mass is 275 g/mol. The molecular weight excluding hydrogens is 254 g/mol. The number of carbonyl (C=O) groups excluding carboxylic acids is 1. The molecule has 108 valence electrons. The first-order chi connectivity index (χ1) is 9.79. The van der Waals surface area contributed by atoms with Crippen molar-refractivity contribution in [2.75, 3.05) is 26.3 Å². The highest BCUT2D eigenvalue weighted by Crippen LogP contribution is 2.30. The lowest BCUT2D eigenvalue weighted by Gasteiger charge is -2.35. The van der Waals surface area contributed by atoms with Gasteiger partial charge in [0, 0.05) is 19.7 Å². The van der Waals surface area contributed by atoms with Gasteiger partial charge < -0.3 is 14.7 Å². The van der Waals surface area contributed by atoms with Crippen LogP contribution in [0.2, 0.25) is 0 Å². The molecular formula is C16H21NO3. The molecule has 4 nitrogen and oxygen atoms in total. The van der Waals surface area contributed by atoms with Gasteiger partial charge in [0.1, 0.15) is 0 Å². The first-order valence-corrected chi connectivity index (χ1v) is 7.38. The molecule has 0 bridgehead atoms. The number of nitrogens with zero attached hydrogens (tertiary/aromatic N) is 1. The maximum Gasteiger partial charge on any atom is 0.256 e. The van der Waals surface area contributed by atoms with E-state index in [2.05, 4.69) is 6.07 Å². The molecule has 2 aliphatic rings. The summed E-state index contributed by atoms with van der Waals surface area (Å²) < 4.78 is 5.73. The van der Waals surface area contributed by atoms with Gasteiger partial charge in [-0.05, 0) is 36.3 Å². The number of rotatable bonds is 2. The second-order valence-corrected chi connectivity index (χ2v) is 5.65. The Labute approximate surface area is 119 Å². The highest BCUT2D eigenvalue weighted by molar-refractivity contribution is 5.83. The molecule has 2 heterocycles. The van der Waals surface area contributed by atoms with Gasteiger partial charge in [0.2, 0.25) is 0 Å². The van der Waals surface area contributed by atoms with Crippen LogP contribution in [-0.2, 0) is 16.0 Å². The van der Waals surface area contributed by atoms with Gasteiger partial charge in [-0.25, -0.2) is 0 Å². The minimum atomic E-state index is -0.439. The SMILES string of the molecule is O=C(C1OCCc2ccccc21)N1CCC(CO)CC1. The summed E-state index contributed by atoms with van der Waals surface area (Å²) >= 11 is 0. The van der Waals surface area contributed by atoms with Crippen LogP contribution in [-0.4, -0.2) is 42.2 Å².